The molecule has 3 heterocycles. The smallest absolute Gasteiger partial charge is 0.272 e. The van der Waals surface area contributed by atoms with Crippen LogP contribution in [0.15, 0.2) is 66.9 Å². The predicted octanol–water partition coefficient (Wildman–Crippen LogP) is 5.59. The van der Waals surface area contributed by atoms with Gasteiger partial charge in [0.2, 0.25) is 5.88 Å². The fraction of sp³-hybridized carbons (Fsp3) is 0.389. The Hall–Kier alpha value is -4.62. The molecule has 2 N–H and O–H groups in total. The van der Waals surface area contributed by atoms with Gasteiger partial charge >= 0.3 is 0 Å². The molecule has 4 aromatic rings. The lowest BCUT2D eigenvalue weighted by atomic mass is 9.91. The number of carbonyl (C=O) groups excluding carboxylic acids is 2. The van der Waals surface area contributed by atoms with Crippen molar-refractivity contribution in [2.24, 2.45) is 0 Å². The van der Waals surface area contributed by atoms with E-state index in [9.17, 15) is 22.4 Å². The van der Waals surface area contributed by atoms with Gasteiger partial charge in [-0.15, -0.1) is 0 Å². The molecule has 11 nitrogen and oxygen atoms in total. The summed E-state index contributed by atoms with van der Waals surface area (Å²) in [5.74, 6) is -0.875. The van der Waals surface area contributed by atoms with Crippen molar-refractivity contribution in [3.8, 4) is 22.8 Å². The van der Waals surface area contributed by atoms with E-state index in [0.29, 0.717) is 50.0 Å². The highest BCUT2D eigenvalue weighted by Gasteiger charge is 2.27. The summed E-state index contributed by atoms with van der Waals surface area (Å²) in [7, 11) is -3.45. The second-order valence-corrected chi connectivity index (χ2v) is 14.3. The molecule has 0 bridgehead atoms. The molecule has 0 radical (unpaired) electrons. The highest BCUT2D eigenvalue weighted by molar-refractivity contribution is 7.85. The molecular formula is C36H40FN5O6S. The van der Waals surface area contributed by atoms with Crippen LogP contribution in [0.1, 0.15) is 77.0 Å². The summed E-state index contributed by atoms with van der Waals surface area (Å²) in [6.45, 7) is 0.978. The predicted molar refractivity (Wildman–Crippen MR) is 181 cm³/mol. The van der Waals surface area contributed by atoms with Crippen molar-refractivity contribution in [2.75, 3.05) is 12.9 Å². The first-order chi connectivity index (χ1) is 23.6. The van der Waals surface area contributed by atoms with E-state index >= 15 is 0 Å². The Balaban J connectivity index is 1.03. The number of benzene rings is 2. The van der Waals surface area contributed by atoms with Crippen LogP contribution in [0.2, 0.25) is 0 Å². The lowest BCUT2D eigenvalue weighted by Gasteiger charge is -2.29. The van der Waals surface area contributed by atoms with Crippen LogP contribution in [0.25, 0.3) is 11.1 Å². The van der Waals surface area contributed by atoms with Crippen LogP contribution >= 0.6 is 0 Å². The summed E-state index contributed by atoms with van der Waals surface area (Å²) < 4.78 is 49.3. The van der Waals surface area contributed by atoms with Crippen LogP contribution in [-0.2, 0) is 33.7 Å². The van der Waals surface area contributed by atoms with Crippen LogP contribution in [0.3, 0.4) is 0 Å². The minimum atomic E-state index is -3.45. The molecular weight excluding hydrogens is 649 g/mol. The second kappa shape index (κ2) is 15.3. The average molecular weight is 690 g/mol. The van der Waals surface area contributed by atoms with Crippen LogP contribution in [0, 0.1) is 5.82 Å². The van der Waals surface area contributed by atoms with Gasteiger partial charge in [0.1, 0.15) is 22.8 Å². The largest absolute Gasteiger partial charge is 0.438 e. The van der Waals surface area contributed by atoms with E-state index in [2.05, 4.69) is 20.7 Å². The SMILES string of the molecule is CS(=O)(=O)OCCCc1ccc(-c2cccc(Oc3ncc(F)cc3C(=O)N[C@H]3CC[C@H](NC(=O)c4cc5n(n4)CCCC5)CC3)c2)cc1. The standard InChI is InChI=1S/C36H40FN5O6S/c1-49(45,46)47-19-5-6-24-10-12-25(13-11-24)26-7-4-9-31(20-26)48-36-32(21-27(37)23-38-36)34(43)39-28-14-16-29(17-15-28)40-35(44)33-22-30-8-2-3-18-42(30)41-33/h4,7,9-13,20-23,28-29H,2-3,5-6,8,14-19H2,1H3,(H,39,43)(H,40,44)/t28-,29-. The first kappa shape index (κ1) is 34.3. The molecule has 0 atom stereocenters. The number of carbonyl (C=O) groups is 2. The van der Waals surface area contributed by atoms with E-state index in [0.717, 1.165) is 66.7 Å². The van der Waals surface area contributed by atoms with Crippen molar-refractivity contribution in [3.63, 3.8) is 0 Å². The molecule has 258 valence electrons. The minimum Gasteiger partial charge on any atom is -0.438 e. The van der Waals surface area contributed by atoms with Crippen LogP contribution < -0.4 is 15.4 Å². The maximum absolute atomic E-state index is 14.3. The molecule has 49 heavy (non-hydrogen) atoms. The van der Waals surface area contributed by atoms with E-state index in [1.807, 2.05) is 53.2 Å². The molecule has 2 aliphatic rings. The Morgan fingerprint density at radius 2 is 1.67 bits per heavy atom. The highest BCUT2D eigenvalue weighted by atomic mass is 32.2. The number of rotatable bonds is 12. The number of aromatic nitrogens is 3. The zero-order chi connectivity index (χ0) is 34.4. The monoisotopic (exact) mass is 689 g/mol. The molecule has 13 heteroatoms. The van der Waals surface area contributed by atoms with E-state index in [4.69, 9.17) is 8.92 Å². The first-order valence-electron chi connectivity index (χ1n) is 16.7. The Bertz CT molecular complexity index is 1880. The van der Waals surface area contributed by atoms with Gasteiger partial charge in [-0.25, -0.2) is 9.37 Å². The lowest BCUT2D eigenvalue weighted by molar-refractivity contribution is 0.0887. The average Bonchev–Trinajstić information content (AvgIpc) is 3.53. The molecule has 0 spiro atoms. The van der Waals surface area contributed by atoms with Gasteiger partial charge in [0, 0.05) is 24.3 Å². The van der Waals surface area contributed by atoms with E-state index < -0.39 is 21.8 Å². The third-order valence-corrected chi connectivity index (χ3v) is 9.45. The van der Waals surface area contributed by atoms with Gasteiger partial charge in [-0.1, -0.05) is 36.4 Å². The fourth-order valence-electron chi connectivity index (χ4n) is 6.31. The van der Waals surface area contributed by atoms with Gasteiger partial charge in [0.15, 0.2) is 0 Å². The van der Waals surface area contributed by atoms with Crippen LogP contribution in [0.4, 0.5) is 4.39 Å². The molecule has 2 amide bonds. The third kappa shape index (κ3) is 9.30. The molecule has 0 unspecified atom stereocenters. The summed E-state index contributed by atoms with van der Waals surface area (Å²) in [5, 5.41) is 10.6. The number of pyridine rings is 1. The summed E-state index contributed by atoms with van der Waals surface area (Å²) in [6.07, 6.45) is 9.13. The number of amides is 2. The summed E-state index contributed by atoms with van der Waals surface area (Å²) >= 11 is 0. The van der Waals surface area contributed by atoms with Crippen LogP contribution in [0.5, 0.6) is 11.6 Å². The lowest BCUT2D eigenvalue weighted by Crippen LogP contribution is -2.44. The number of nitrogens with zero attached hydrogens (tertiary/aromatic N) is 3. The van der Waals surface area contributed by atoms with Crippen molar-refractivity contribution in [1.29, 1.82) is 0 Å². The first-order valence-corrected chi connectivity index (χ1v) is 18.5. The number of halogens is 1. The molecule has 2 aromatic heterocycles. The minimum absolute atomic E-state index is 0.00576. The highest BCUT2D eigenvalue weighted by Crippen LogP contribution is 2.29. The number of hydrogen-bond donors (Lipinski definition) is 2. The topological polar surface area (TPSA) is 142 Å². The molecule has 1 aliphatic carbocycles. The van der Waals surface area contributed by atoms with Crippen molar-refractivity contribution >= 4 is 21.9 Å². The molecule has 1 aliphatic heterocycles. The molecule has 1 fully saturated rings. The zero-order valence-corrected chi connectivity index (χ0v) is 28.2. The van der Waals surface area contributed by atoms with E-state index in [-0.39, 0.29) is 36.0 Å². The van der Waals surface area contributed by atoms with Crippen molar-refractivity contribution in [3.05, 3.63) is 95.2 Å². The second-order valence-electron chi connectivity index (χ2n) is 12.7. The van der Waals surface area contributed by atoms with E-state index in [1.165, 1.54) is 0 Å². The van der Waals surface area contributed by atoms with Gasteiger partial charge < -0.3 is 15.4 Å². The van der Waals surface area contributed by atoms with Crippen LogP contribution in [-0.4, -0.2) is 59.9 Å². The zero-order valence-electron chi connectivity index (χ0n) is 27.4. The molecule has 1 saturated carbocycles. The number of hydrogen-bond acceptors (Lipinski definition) is 8. The summed E-state index contributed by atoms with van der Waals surface area (Å²) in [5.41, 5.74) is 4.40. The summed E-state index contributed by atoms with van der Waals surface area (Å²) in [4.78, 5) is 30.3. The number of nitrogens with one attached hydrogen (secondary N) is 2. The van der Waals surface area contributed by atoms with Crippen molar-refractivity contribution in [1.82, 2.24) is 25.4 Å². The number of fused-ring (bicyclic) bond motifs is 1. The van der Waals surface area contributed by atoms with Gasteiger partial charge in [0.25, 0.3) is 21.9 Å². The Morgan fingerprint density at radius 3 is 2.39 bits per heavy atom. The maximum Gasteiger partial charge on any atom is 0.272 e. The third-order valence-electron chi connectivity index (χ3n) is 8.85. The van der Waals surface area contributed by atoms with Crippen molar-refractivity contribution in [2.45, 2.75) is 76.4 Å². The van der Waals surface area contributed by atoms with Gasteiger partial charge in [0.05, 0.1) is 19.1 Å². The maximum atomic E-state index is 14.3. The molecule has 6 rings (SSSR count). The molecule has 2 aromatic carbocycles. The quantitative estimate of drug-likeness (QED) is 0.145. The Kier molecular flexibility index (Phi) is 10.7. The van der Waals surface area contributed by atoms with Gasteiger partial charge in [-0.3, -0.25) is 18.5 Å². The van der Waals surface area contributed by atoms with E-state index in [1.54, 1.807) is 6.07 Å². The van der Waals surface area contributed by atoms with Crippen molar-refractivity contribution < 1.29 is 31.3 Å². The number of ether oxygens (including phenoxy) is 1. The number of aryl methyl sites for hydroxylation is 3. The Labute approximate surface area is 285 Å². The Morgan fingerprint density at radius 1 is 0.939 bits per heavy atom. The van der Waals surface area contributed by atoms with Gasteiger partial charge in [-0.2, -0.15) is 13.5 Å². The fourth-order valence-corrected chi connectivity index (χ4v) is 6.73. The van der Waals surface area contributed by atoms with Gasteiger partial charge in [-0.05, 0) is 98.7 Å². The summed E-state index contributed by atoms with van der Waals surface area (Å²) in [6, 6.07) is 18.0. The normalized spacial score (nSPS) is 17.6. The molecule has 0 saturated heterocycles.